The fourth-order valence-corrected chi connectivity index (χ4v) is 1.98. The van der Waals surface area contributed by atoms with Gasteiger partial charge in [-0.25, -0.2) is 0 Å². The summed E-state index contributed by atoms with van der Waals surface area (Å²) in [5.41, 5.74) is 1.23. The highest BCUT2D eigenvalue weighted by Gasteiger charge is 2.07. The van der Waals surface area contributed by atoms with Gasteiger partial charge in [-0.05, 0) is 13.0 Å². The molecule has 2 nitrogen and oxygen atoms in total. The smallest absolute Gasteiger partial charge is 0.0872 e. The number of thiophene rings is 1. The van der Waals surface area contributed by atoms with Gasteiger partial charge in [0.1, 0.15) is 0 Å². The van der Waals surface area contributed by atoms with Crippen molar-refractivity contribution in [3.8, 4) is 0 Å². The summed E-state index contributed by atoms with van der Waals surface area (Å²) in [4.78, 5) is 6.80. The van der Waals surface area contributed by atoms with Gasteiger partial charge < -0.3 is 5.32 Å². The molecule has 1 aromatic heterocycles. The summed E-state index contributed by atoms with van der Waals surface area (Å²) < 4.78 is 0. The number of nitrogens with zero attached hydrogens (tertiary/aromatic N) is 1. The zero-order valence-electron chi connectivity index (χ0n) is 5.72. The van der Waals surface area contributed by atoms with Gasteiger partial charge in [0.25, 0.3) is 0 Å². The predicted molar refractivity (Wildman–Crippen MR) is 44.9 cm³/mol. The number of aliphatic imine (C=N–C) groups is 1. The molecule has 52 valence electrons. The van der Waals surface area contributed by atoms with Crippen LogP contribution in [0.15, 0.2) is 11.1 Å². The molecule has 3 heteroatoms. The van der Waals surface area contributed by atoms with E-state index in [0.717, 1.165) is 6.54 Å². The molecule has 0 radical (unpaired) electrons. The summed E-state index contributed by atoms with van der Waals surface area (Å²) >= 11 is 1.81. The van der Waals surface area contributed by atoms with Crippen molar-refractivity contribution in [2.75, 3.05) is 5.32 Å². The van der Waals surface area contributed by atoms with Gasteiger partial charge in [0.05, 0.1) is 18.6 Å². The van der Waals surface area contributed by atoms with E-state index in [0.29, 0.717) is 0 Å². The molecule has 0 aliphatic carbocycles. The maximum atomic E-state index is 4.11. The van der Waals surface area contributed by atoms with Crippen molar-refractivity contribution in [3.63, 3.8) is 0 Å². The molecule has 0 atom stereocenters. The Kier molecular flexibility index (Phi) is 1.24. The van der Waals surface area contributed by atoms with Gasteiger partial charge in [-0.3, -0.25) is 4.99 Å². The molecule has 0 saturated heterocycles. The van der Waals surface area contributed by atoms with Crippen LogP contribution < -0.4 is 5.32 Å². The van der Waals surface area contributed by atoms with Gasteiger partial charge in [0.15, 0.2) is 0 Å². The van der Waals surface area contributed by atoms with E-state index >= 15 is 0 Å². The maximum Gasteiger partial charge on any atom is 0.0872 e. The molecule has 2 heterocycles. The van der Waals surface area contributed by atoms with E-state index in [1.807, 2.05) is 11.3 Å². The summed E-state index contributed by atoms with van der Waals surface area (Å²) in [5, 5.41) is 3.10. The highest BCUT2D eigenvalue weighted by Crippen LogP contribution is 2.28. The van der Waals surface area contributed by atoms with Gasteiger partial charge in [0.2, 0.25) is 0 Å². The highest BCUT2D eigenvalue weighted by molar-refractivity contribution is 7.12. The molecule has 0 amide bonds. The van der Waals surface area contributed by atoms with Gasteiger partial charge in [-0.1, -0.05) is 0 Å². The Morgan fingerprint density at radius 2 is 2.60 bits per heavy atom. The van der Waals surface area contributed by atoms with Crippen molar-refractivity contribution in [1.29, 1.82) is 0 Å². The second-order valence-electron chi connectivity index (χ2n) is 2.31. The van der Waals surface area contributed by atoms with Crippen LogP contribution >= 0.6 is 11.3 Å². The minimum atomic E-state index is 0.848. The van der Waals surface area contributed by atoms with Crippen LogP contribution in [-0.4, -0.2) is 6.34 Å². The van der Waals surface area contributed by atoms with Crippen LogP contribution in [0.4, 0.5) is 5.69 Å². The van der Waals surface area contributed by atoms with E-state index in [1.165, 1.54) is 15.4 Å². The molecular formula is C7H8N2S. The second kappa shape index (κ2) is 2.09. The molecule has 1 aliphatic rings. The average molecular weight is 152 g/mol. The number of nitrogens with one attached hydrogen (secondary N) is 1. The van der Waals surface area contributed by atoms with Gasteiger partial charge in [-0.2, -0.15) is 0 Å². The molecule has 1 aromatic rings. The third kappa shape index (κ3) is 0.827. The molecule has 1 N–H and O–H groups in total. The van der Waals surface area contributed by atoms with Crippen LogP contribution in [0.2, 0.25) is 0 Å². The highest BCUT2D eigenvalue weighted by atomic mass is 32.1. The molecule has 0 spiro atoms. The molecule has 0 saturated carbocycles. The van der Waals surface area contributed by atoms with Crippen LogP contribution in [0.5, 0.6) is 0 Å². The third-order valence-corrected chi connectivity index (χ3v) is 2.51. The number of anilines is 1. The Morgan fingerprint density at radius 3 is 3.40 bits per heavy atom. The van der Waals surface area contributed by atoms with Crippen molar-refractivity contribution < 1.29 is 0 Å². The molecule has 0 fully saturated rings. The normalized spacial score (nSPS) is 14.5. The fraction of sp³-hybridized carbons (Fsp3) is 0.286. The Balaban J connectivity index is 2.46. The first kappa shape index (κ1) is 5.92. The lowest BCUT2D eigenvalue weighted by molar-refractivity contribution is 1.10. The molecule has 0 unspecified atom stereocenters. The lowest BCUT2D eigenvalue weighted by atomic mass is 10.3. The quantitative estimate of drug-likeness (QED) is 0.604. The van der Waals surface area contributed by atoms with Crippen LogP contribution in [0, 0.1) is 6.92 Å². The number of aryl methyl sites for hydroxylation is 1. The number of hydrogen-bond acceptors (Lipinski definition) is 3. The molecule has 0 aromatic carbocycles. The van der Waals surface area contributed by atoms with Crippen molar-refractivity contribution in [1.82, 2.24) is 0 Å². The van der Waals surface area contributed by atoms with Crippen LogP contribution in [0.1, 0.15) is 9.75 Å². The van der Waals surface area contributed by atoms with Crippen molar-refractivity contribution in [2.45, 2.75) is 13.5 Å². The van der Waals surface area contributed by atoms with Crippen molar-refractivity contribution in [3.05, 3.63) is 15.8 Å². The average Bonchev–Trinajstić information content (AvgIpc) is 2.27. The van der Waals surface area contributed by atoms with Crippen LogP contribution in [0.3, 0.4) is 0 Å². The first-order valence-electron chi connectivity index (χ1n) is 3.20. The standard InChI is InChI=1S/C7H8N2S/c1-5-2-6-7(10-5)3-8-4-9-6/h2,4H,3H2,1H3,(H,8,9). The molecular weight excluding hydrogens is 144 g/mol. The van der Waals surface area contributed by atoms with E-state index in [4.69, 9.17) is 0 Å². The zero-order valence-corrected chi connectivity index (χ0v) is 6.53. The van der Waals surface area contributed by atoms with Crippen LogP contribution in [-0.2, 0) is 6.54 Å². The van der Waals surface area contributed by atoms with E-state index in [9.17, 15) is 0 Å². The predicted octanol–water partition coefficient (Wildman–Crippen LogP) is 2.01. The summed E-state index contributed by atoms with van der Waals surface area (Å²) in [6.45, 7) is 2.96. The summed E-state index contributed by atoms with van der Waals surface area (Å²) in [6, 6.07) is 2.16. The first-order valence-corrected chi connectivity index (χ1v) is 4.02. The Hall–Kier alpha value is -0.830. The lowest BCUT2D eigenvalue weighted by Crippen LogP contribution is -2.00. The SMILES string of the molecule is Cc1cc2c(s1)CN=CN2. The fourth-order valence-electron chi connectivity index (χ4n) is 1.05. The Labute approximate surface area is 63.6 Å². The van der Waals surface area contributed by atoms with Crippen molar-refractivity contribution in [2.24, 2.45) is 4.99 Å². The van der Waals surface area contributed by atoms with Gasteiger partial charge in [0, 0.05) is 9.75 Å². The van der Waals surface area contributed by atoms with Crippen LogP contribution in [0.25, 0.3) is 0 Å². The summed E-state index contributed by atoms with van der Waals surface area (Å²) in [7, 11) is 0. The summed E-state index contributed by atoms with van der Waals surface area (Å²) in [5.74, 6) is 0. The van der Waals surface area contributed by atoms with Gasteiger partial charge >= 0.3 is 0 Å². The first-order chi connectivity index (χ1) is 4.86. The van der Waals surface area contributed by atoms with E-state index in [1.54, 1.807) is 6.34 Å². The molecule has 10 heavy (non-hydrogen) atoms. The Bertz CT molecular complexity index is 250. The number of rotatable bonds is 0. The number of fused-ring (bicyclic) bond motifs is 1. The molecule has 0 bridgehead atoms. The maximum absolute atomic E-state index is 4.11. The minimum absolute atomic E-state index is 0.848. The largest absolute Gasteiger partial charge is 0.346 e. The third-order valence-electron chi connectivity index (χ3n) is 1.48. The monoisotopic (exact) mass is 152 g/mol. The van der Waals surface area contributed by atoms with E-state index < -0.39 is 0 Å². The lowest BCUT2D eigenvalue weighted by Gasteiger charge is -2.04. The minimum Gasteiger partial charge on any atom is -0.346 e. The Morgan fingerprint density at radius 1 is 1.70 bits per heavy atom. The topological polar surface area (TPSA) is 24.4 Å². The van der Waals surface area contributed by atoms with E-state index in [2.05, 4.69) is 23.3 Å². The van der Waals surface area contributed by atoms with Gasteiger partial charge in [-0.15, -0.1) is 11.3 Å². The second-order valence-corrected chi connectivity index (χ2v) is 3.65. The summed E-state index contributed by atoms with van der Waals surface area (Å²) in [6.07, 6.45) is 1.76. The zero-order chi connectivity index (χ0) is 6.97. The molecule has 1 aliphatic heterocycles. The molecule has 2 rings (SSSR count). The van der Waals surface area contributed by atoms with Crippen molar-refractivity contribution >= 4 is 23.4 Å². The van der Waals surface area contributed by atoms with E-state index in [-0.39, 0.29) is 0 Å². The number of hydrogen-bond donors (Lipinski definition) is 1.